The summed E-state index contributed by atoms with van der Waals surface area (Å²) in [5.41, 5.74) is 2.00. The van der Waals surface area contributed by atoms with Gasteiger partial charge in [0.15, 0.2) is 18.1 Å². The number of carbonyl (C=O) groups is 2. The molecule has 0 unspecified atom stereocenters. The number of ketones is 1. The summed E-state index contributed by atoms with van der Waals surface area (Å²) in [4.78, 5) is 33.9. The first kappa shape index (κ1) is 21.5. The Morgan fingerprint density at radius 2 is 2.04 bits per heavy atom. The number of carbonyl (C=O) groups excluding carboxylic acids is 2. The summed E-state index contributed by atoms with van der Waals surface area (Å²) in [6, 6.07) is 8.58. The third-order valence-electron chi connectivity index (χ3n) is 3.25. The number of nitro benzene ring substituents is 1. The number of nitrogens with one attached hydrogen (secondary N) is 1. The number of rotatable bonds is 8. The Balaban J connectivity index is 1.93. The summed E-state index contributed by atoms with van der Waals surface area (Å²) < 4.78 is 12.0. The molecule has 0 bridgehead atoms. The first-order valence-electron chi connectivity index (χ1n) is 7.58. The fourth-order valence-electron chi connectivity index (χ4n) is 2.01. The van der Waals surface area contributed by atoms with E-state index in [0.717, 1.165) is 16.8 Å². The normalized spacial score (nSPS) is 10.5. The average molecular weight is 515 g/mol. The van der Waals surface area contributed by atoms with Gasteiger partial charge in [0, 0.05) is 22.2 Å². The third-order valence-corrected chi connectivity index (χ3v) is 4.30. The van der Waals surface area contributed by atoms with Crippen LogP contribution >= 0.6 is 31.9 Å². The summed E-state index contributed by atoms with van der Waals surface area (Å²) in [6.45, 7) is -0.376. The molecule has 1 amide bonds. The van der Waals surface area contributed by atoms with Gasteiger partial charge in [0.1, 0.15) is 0 Å². The Kier molecular flexibility index (Phi) is 7.64. The predicted octanol–water partition coefficient (Wildman–Crippen LogP) is 3.49. The van der Waals surface area contributed by atoms with Gasteiger partial charge in [-0.3, -0.25) is 19.7 Å². The Morgan fingerprint density at radius 1 is 1.29 bits per heavy atom. The molecule has 0 heterocycles. The number of hydrogen-bond donors (Lipinski definition) is 1. The molecule has 2 aromatic carbocycles. The van der Waals surface area contributed by atoms with Gasteiger partial charge in [-0.25, -0.2) is 5.43 Å². The van der Waals surface area contributed by atoms with E-state index in [-0.39, 0.29) is 17.9 Å². The third kappa shape index (κ3) is 5.86. The van der Waals surface area contributed by atoms with Crippen molar-refractivity contribution in [1.29, 1.82) is 0 Å². The monoisotopic (exact) mass is 513 g/mol. The van der Waals surface area contributed by atoms with E-state index in [1.54, 1.807) is 12.1 Å². The molecule has 0 aromatic heterocycles. The molecule has 146 valence electrons. The minimum atomic E-state index is -0.611. The van der Waals surface area contributed by atoms with E-state index in [2.05, 4.69) is 42.4 Å². The minimum Gasteiger partial charge on any atom is -0.493 e. The number of Topliss-reactive ketones (excluding diaryl/α,β-unsaturated/α-hetero) is 1. The number of amides is 1. The maximum absolute atomic E-state index is 12.0. The number of nitrogens with zero attached hydrogens (tertiary/aromatic N) is 2. The van der Waals surface area contributed by atoms with Crippen LogP contribution in [-0.2, 0) is 4.79 Å². The highest BCUT2D eigenvalue weighted by Gasteiger charge is 2.13. The molecule has 0 spiro atoms. The minimum absolute atomic E-state index is 0.0759. The van der Waals surface area contributed by atoms with Crippen molar-refractivity contribution in [1.82, 2.24) is 5.43 Å². The molecule has 28 heavy (non-hydrogen) atoms. The van der Waals surface area contributed by atoms with Crippen molar-refractivity contribution in [3.8, 4) is 11.5 Å². The topological polar surface area (TPSA) is 120 Å². The fourth-order valence-corrected chi connectivity index (χ4v) is 3.31. The van der Waals surface area contributed by atoms with Gasteiger partial charge >= 0.3 is 0 Å². The van der Waals surface area contributed by atoms with Gasteiger partial charge in [0.25, 0.3) is 11.6 Å². The molecular weight excluding hydrogens is 502 g/mol. The van der Waals surface area contributed by atoms with Gasteiger partial charge < -0.3 is 9.47 Å². The van der Waals surface area contributed by atoms with Gasteiger partial charge in [-0.1, -0.05) is 28.1 Å². The van der Waals surface area contributed by atoms with E-state index >= 15 is 0 Å². The number of halogens is 2. The lowest BCUT2D eigenvalue weighted by atomic mass is 10.1. The maximum Gasteiger partial charge on any atom is 0.277 e. The molecule has 0 aliphatic rings. The lowest BCUT2D eigenvalue weighted by molar-refractivity contribution is -0.384. The zero-order valence-corrected chi connectivity index (χ0v) is 17.5. The second kappa shape index (κ2) is 9.95. The van der Waals surface area contributed by atoms with Crippen molar-refractivity contribution >= 4 is 55.5 Å². The van der Waals surface area contributed by atoms with Crippen LogP contribution in [0.2, 0.25) is 0 Å². The Morgan fingerprint density at radius 3 is 2.71 bits per heavy atom. The molecule has 1 N–H and O–H groups in total. The van der Waals surface area contributed by atoms with Crippen LogP contribution in [0.4, 0.5) is 5.69 Å². The highest BCUT2D eigenvalue weighted by atomic mass is 79.9. The summed E-state index contributed by atoms with van der Waals surface area (Å²) >= 11 is 6.63. The van der Waals surface area contributed by atoms with Gasteiger partial charge in [-0.2, -0.15) is 5.10 Å². The molecule has 0 fully saturated rings. The molecule has 0 saturated carbocycles. The van der Waals surface area contributed by atoms with Crippen LogP contribution in [0, 0.1) is 10.1 Å². The molecule has 0 aliphatic carbocycles. The van der Waals surface area contributed by atoms with Crippen LogP contribution in [0.3, 0.4) is 0 Å². The highest BCUT2D eigenvalue weighted by Crippen LogP contribution is 2.38. The zero-order chi connectivity index (χ0) is 20.7. The molecule has 0 aliphatic heterocycles. The number of hydrazone groups is 1. The molecule has 9 nitrogen and oxygen atoms in total. The van der Waals surface area contributed by atoms with Crippen LogP contribution in [0.5, 0.6) is 11.5 Å². The quantitative estimate of drug-likeness (QED) is 0.249. The second-order valence-electron chi connectivity index (χ2n) is 5.17. The number of hydrogen-bond acceptors (Lipinski definition) is 7. The number of methoxy groups -OCH3 is 1. The van der Waals surface area contributed by atoms with Crippen LogP contribution in [0.1, 0.15) is 10.4 Å². The van der Waals surface area contributed by atoms with Crippen molar-refractivity contribution in [2.24, 2.45) is 5.10 Å². The highest BCUT2D eigenvalue weighted by molar-refractivity contribution is 9.11. The predicted molar refractivity (Wildman–Crippen MR) is 108 cm³/mol. The first-order chi connectivity index (χ1) is 13.3. The Hall–Kier alpha value is -2.79. The van der Waals surface area contributed by atoms with Crippen LogP contribution in [0.25, 0.3) is 0 Å². The van der Waals surface area contributed by atoms with Crippen LogP contribution < -0.4 is 14.9 Å². The second-order valence-corrected chi connectivity index (χ2v) is 6.94. The van der Waals surface area contributed by atoms with E-state index in [1.165, 1.54) is 25.3 Å². The van der Waals surface area contributed by atoms with Crippen molar-refractivity contribution in [3.63, 3.8) is 0 Å². The van der Waals surface area contributed by atoms with Crippen molar-refractivity contribution in [2.45, 2.75) is 0 Å². The standard InChI is InChI=1S/C17H13Br2N3O6/c1-27-15-7-11(18)6-13(19)17(15)28-9-16(24)21-20-8-14(23)10-3-2-4-12(5-10)22(25)26/h2-8H,9H2,1H3,(H,21,24)/b20-8-. The van der Waals surface area contributed by atoms with E-state index < -0.39 is 16.6 Å². The van der Waals surface area contributed by atoms with Crippen molar-refractivity contribution in [3.05, 3.63) is 61.0 Å². The van der Waals surface area contributed by atoms with Gasteiger partial charge in [0.05, 0.1) is 22.7 Å². The maximum atomic E-state index is 12.0. The lowest BCUT2D eigenvalue weighted by Gasteiger charge is -2.12. The van der Waals surface area contributed by atoms with Crippen LogP contribution in [0.15, 0.2) is 50.4 Å². The molecule has 11 heteroatoms. The number of benzene rings is 2. The molecule has 0 atom stereocenters. The van der Waals surface area contributed by atoms with E-state index in [0.29, 0.717) is 16.0 Å². The van der Waals surface area contributed by atoms with E-state index in [1.807, 2.05) is 0 Å². The van der Waals surface area contributed by atoms with Gasteiger partial charge in [-0.15, -0.1) is 0 Å². The number of non-ortho nitro benzene ring substituents is 1. The summed E-state index contributed by atoms with van der Waals surface area (Å²) in [5, 5.41) is 14.3. The van der Waals surface area contributed by atoms with Crippen molar-refractivity contribution < 1.29 is 24.0 Å². The van der Waals surface area contributed by atoms with Gasteiger partial charge in [0.2, 0.25) is 5.78 Å². The zero-order valence-electron chi connectivity index (χ0n) is 14.3. The van der Waals surface area contributed by atoms with E-state index in [4.69, 9.17) is 9.47 Å². The number of ether oxygens (including phenoxy) is 2. The SMILES string of the molecule is COc1cc(Br)cc(Br)c1OCC(=O)N/N=C\C(=O)c1cccc([N+](=O)[O-])c1. The Labute approximate surface area is 176 Å². The Bertz CT molecular complexity index is 948. The molecule has 2 rings (SSSR count). The number of nitro groups is 1. The van der Waals surface area contributed by atoms with Crippen molar-refractivity contribution in [2.75, 3.05) is 13.7 Å². The smallest absolute Gasteiger partial charge is 0.277 e. The van der Waals surface area contributed by atoms with Crippen LogP contribution in [-0.4, -0.2) is 36.5 Å². The first-order valence-corrected chi connectivity index (χ1v) is 9.17. The average Bonchev–Trinajstić information content (AvgIpc) is 2.66. The lowest BCUT2D eigenvalue weighted by Crippen LogP contribution is -2.25. The molecule has 0 radical (unpaired) electrons. The van der Waals surface area contributed by atoms with E-state index in [9.17, 15) is 19.7 Å². The summed E-state index contributed by atoms with van der Waals surface area (Å²) in [5.74, 6) is -0.460. The summed E-state index contributed by atoms with van der Waals surface area (Å²) in [7, 11) is 1.46. The molecular formula is C17H13Br2N3O6. The largest absolute Gasteiger partial charge is 0.493 e. The fraction of sp³-hybridized carbons (Fsp3) is 0.118. The summed E-state index contributed by atoms with van der Waals surface area (Å²) in [6.07, 6.45) is 0.854. The molecule has 0 saturated heterocycles. The molecule has 2 aromatic rings. The van der Waals surface area contributed by atoms with Gasteiger partial charge in [-0.05, 0) is 28.1 Å².